The Hall–Kier alpha value is -2.23. The maximum Gasteiger partial charge on any atom is 0.255 e. The maximum atomic E-state index is 12.6. The second-order valence-electron chi connectivity index (χ2n) is 6.17. The highest BCUT2D eigenvalue weighted by molar-refractivity contribution is 7.09. The van der Waals surface area contributed by atoms with Gasteiger partial charge in [-0.25, -0.2) is 4.98 Å². The summed E-state index contributed by atoms with van der Waals surface area (Å²) in [7, 11) is 0. The Labute approximate surface area is 154 Å². The van der Waals surface area contributed by atoms with Crippen LogP contribution in [0.3, 0.4) is 0 Å². The van der Waals surface area contributed by atoms with Gasteiger partial charge in [-0.3, -0.25) is 9.59 Å². The molecule has 3 heterocycles. The topological polar surface area (TPSA) is 119 Å². The predicted octanol–water partition coefficient (Wildman–Crippen LogP) is 0.215. The van der Waals surface area contributed by atoms with Gasteiger partial charge < -0.3 is 25.4 Å². The van der Waals surface area contributed by atoms with Crippen LogP contribution in [0.25, 0.3) is 0 Å². The van der Waals surface area contributed by atoms with E-state index in [9.17, 15) is 19.8 Å². The zero-order valence-electron chi connectivity index (χ0n) is 14.2. The highest BCUT2D eigenvalue weighted by Crippen LogP contribution is 2.30. The number of aromatic nitrogens is 2. The van der Waals surface area contributed by atoms with Gasteiger partial charge in [-0.15, -0.1) is 11.3 Å². The number of nitrogens with one attached hydrogen (secondary N) is 2. The number of likely N-dealkylation sites (tertiary alicyclic amines) is 1. The second kappa shape index (κ2) is 8.43. The summed E-state index contributed by atoms with van der Waals surface area (Å²) < 4.78 is 0. The second-order valence-corrected chi connectivity index (χ2v) is 7.21. The third-order valence-electron chi connectivity index (χ3n) is 4.44. The predicted molar refractivity (Wildman–Crippen MR) is 95.3 cm³/mol. The van der Waals surface area contributed by atoms with Crippen LogP contribution in [-0.2, 0) is 16.0 Å². The van der Waals surface area contributed by atoms with Gasteiger partial charge in [0.1, 0.15) is 5.82 Å². The molecule has 0 saturated carbocycles. The van der Waals surface area contributed by atoms with Gasteiger partial charge in [0.2, 0.25) is 0 Å². The number of H-pyrrole nitrogens is 1. The standard InChI is InChI=1S/C17H22N4O4S/c22-13(16(24)20-6-5-11-3-2-10-26-11)14(23)17(25)21-9-1-4-12(21)15-18-7-8-19-15/h2-3,7-8,10,12-14,22-23H,1,4-6,9H2,(H,18,19)(H,20,24)/t12?,13?,14-/m1/s1. The Morgan fingerprint density at radius 2 is 2.27 bits per heavy atom. The van der Waals surface area contributed by atoms with E-state index in [4.69, 9.17) is 0 Å². The number of nitrogens with zero attached hydrogens (tertiary/aromatic N) is 2. The number of rotatable bonds is 7. The third kappa shape index (κ3) is 4.12. The van der Waals surface area contributed by atoms with E-state index in [-0.39, 0.29) is 6.04 Å². The molecule has 140 valence electrons. The SMILES string of the molecule is O=C(NCCc1cccs1)C(O)[C@@H](O)C(=O)N1CCCC1c1ncc[nH]1. The zero-order chi connectivity index (χ0) is 18.5. The van der Waals surface area contributed by atoms with Gasteiger partial charge in [0.05, 0.1) is 6.04 Å². The summed E-state index contributed by atoms with van der Waals surface area (Å²) in [5.74, 6) is -0.779. The van der Waals surface area contributed by atoms with Gasteiger partial charge in [0.25, 0.3) is 11.8 Å². The summed E-state index contributed by atoms with van der Waals surface area (Å²) in [5.41, 5.74) is 0. The summed E-state index contributed by atoms with van der Waals surface area (Å²) in [6, 6.07) is 3.60. The molecule has 0 radical (unpaired) electrons. The largest absolute Gasteiger partial charge is 0.380 e. The molecule has 26 heavy (non-hydrogen) atoms. The summed E-state index contributed by atoms with van der Waals surface area (Å²) in [4.78, 5) is 34.3. The summed E-state index contributed by atoms with van der Waals surface area (Å²) in [6.07, 6.45) is 1.79. The number of hydrogen-bond acceptors (Lipinski definition) is 6. The molecule has 1 saturated heterocycles. The molecule has 0 bridgehead atoms. The molecule has 0 spiro atoms. The fourth-order valence-electron chi connectivity index (χ4n) is 3.09. The van der Waals surface area contributed by atoms with Gasteiger partial charge in [-0.1, -0.05) is 6.07 Å². The maximum absolute atomic E-state index is 12.6. The monoisotopic (exact) mass is 378 g/mol. The average molecular weight is 378 g/mol. The molecule has 3 rings (SSSR count). The molecule has 1 fully saturated rings. The number of aliphatic hydroxyl groups excluding tert-OH is 2. The Balaban J connectivity index is 1.54. The first-order chi connectivity index (χ1) is 12.6. The number of aliphatic hydroxyl groups is 2. The number of aromatic amines is 1. The Morgan fingerprint density at radius 1 is 1.42 bits per heavy atom. The summed E-state index contributed by atoms with van der Waals surface area (Å²) in [6.45, 7) is 0.782. The number of carbonyl (C=O) groups is 2. The van der Waals surface area contributed by atoms with Crippen molar-refractivity contribution in [1.82, 2.24) is 20.2 Å². The number of hydrogen-bond donors (Lipinski definition) is 4. The van der Waals surface area contributed by atoms with Crippen molar-refractivity contribution < 1.29 is 19.8 Å². The molecule has 8 nitrogen and oxygen atoms in total. The fraction of sp³-hybridized carbons (Fsp3) is 0.471. The summed E-state index contributed by atoms with van der Waals surface area (Å²) >= 11 is 1.58. The number of imidazole rings is 1. The highest BCUT2D eigenvalue weighted by Gasteiger charge is 2.39. The molecule has 1 aliphatic rings. The quantitative estimate of drug-likeness (QED) is 0.549. The van der Waals surface area contributed by atoms with E-state index in [1.54, 1.807) is 23.7 Å². The molecule has 2 aromatic rings. The van der Waals surface area contributed by atoms with Crippen molar-refractivity contribution in [2.45, 2.75) is 37.5 Å². The van der Waals surface area contributed by atoms with Crippen LogP contribution in [0.2, 0.25) is 0 Å². The van der Waals surface area contributed by atoms with E-state index in [1.807, 2.05) is 17.5 Å². The minimum atomic E-state index is -1.80. The van der Waals surface area contributed by atoms with Crippen LogP contribution in [0.4, 0.5) is 0 Å². The van der Waals surface area contributed by atoms with Crippen molar-refractivity contribution in [3.05, 3.63) is 40.6 Å². The molecule has 4 N–H and O–H groups in total. The first-order valence-electron chi connectivity index (χ1n) is 8.54. The van der Waals surface area contributed by atoms with Gasteiger partial charge in [-0.05, 0) is 30.7 Å². The van der Waals surface area contributed by atoms with Crippen LogP contribution in [0.15, 0.2) is 29.9 Å². The highest BCUT2D eigenvalue weighted by atomic mass is 32.1. The van der Waals surface area contributed by atoms with E-state index in [0.717, 1.165) is 17.7 Å². The lowest BCUT2D eigenvalue weighted by Gasteiger charge is -2.27. The van der Waals surface area contributed by atoms with Gasteiger partial charge >= 0.3 is 0 Å². The minimum absolute atomic E-state index is 0.277. The zero-order valence-corrected chi connectivity index (χ0v) is 15.0. The normalized spacial score (nSPS) is 19.3. The molecule has 9 heteroatoms. The minimum Gasteiger partial charge on any atom is -0.380 e. The lowest BCUT2D eigenvalue weighted by molar-refractivity contribution is -0.153. The first kappa shape index (κ1) is 18.6. The number of carbonyl (C=O) groups excluding carboxylic acids is 2. The van der Waals surface area contributed by atoms with E-state index in [2.05, 4.69) is 15.3 Å². The van der Waals surface area contributed by atoms with Crippen LogP contribution in [0.1, 0.15) is 29.6 Å². The van der Waals surface area contributed by atoms with Gasteiger partial charge in [-0.2, -0.15) is 0 Å². The van der Waals surface area contributed by atoms with Crippen molar-refractivity contribution in [1.29, 1.82) is 0 Å². The van der Waals surface area contributed by atoms with Crippen LogP contribution in [0.5, 0.6) is 0 Å². The molecule has 1 aliphatic heterocycles. The third-order valence-corrected chi connectivity index (χ3v) is 5.38. The Kier molecular flexibility index (Phi) is 6.02. The molecule has 2 unspecified atom stereocenters. The molecule has 0 aromatic carbocycles. The molecule has 3 atom stereocenters. The first-order valence-corrected chi connectivity index (χ1v) is 9.42. The Bertz CT molecular complexity index is 719. The molecular formula is C17H22N4O4S. The van der Waals surface area contributed by atoms with E-state index < -0.39 is 24.0 Å². The van der Waals surface area contributed by atoms with Crippen molar-refractivity contribution in [3.8, 4) is 0 Å². The Morgan fingerprint density at radius 3 is 2.96 bits per heavy atom. The number of thiophene rings is 1. The lowest BCUT2D eigenvalue weighted by Crippen LogP contribution is -2.50. The lowest BCUT2D eigenvalue weighted by atomic mass is 10.1. The van der Waals surface area contributed by atoms with E-state index in [0.29, 0.717) is 25.3 Å². The van der Waals surface area contributed by atoms with Crippen LogP contribution < -0.4 is 5.32 Å². The fourth-order valence-corrected chi connectivity index (χ4v) is 3.80. The molecule has 2 amide bonds. The molecular weight excluding hydrogens is 356 g/mol. The van der Waals surface area contributed by atoms with Gasteiger partial charge in [0, 0.05) is 30.4 Å². The van der Waals surface area contributed by atoms with Crippen molar-refractivity contribution in [2.75, 3.05) is 13.1 Å². The molecule has 0 aliphatic carbocycles. The summed E-state index contributed by atoms with van der Waals surface area (Å²) in [5, 5.41) is 24.7. The van der Waals surface area contributed by atoms with Crippen LogP contribution in [0, 0.1) is 0 Å². The van der Waals surface area contributed by atoms with E-state index >= 15 is 0 Å². The van der Waals surface area contributed by atoms with Crippen LogP contribution in [-0.4, -0.2) is 62.2 Å². The van der Waals surface area contributed by atoms with Crippen molar-refractivity contribution in [2.24, 2.45) is 0 Å². The number of amides is 2. The smallest absolute Gasteiger partial charge is 0.255 e. The van der Waals surface area contributed by atoms with E-state index in [1.165, 1.54) is 4.90 Å². The average Bonchev–Trinajstić information content (AvgIpc) is 3.40. The van der Waals surface area contributed by atoms with Crippen molar-refractivity contribution in [3.63, 3.8) is 0 Å². The van der Waals surface area contributed by atoms with Crippen LogP contribution >= 0.6 is 11.3 Å². The molecule has 2 aromatic heterocycles. The van der Waals surface area contributed by atoms with Gasteiger partial charge in [0.15, 0.2) is 12.2 Å². The van der Waals surface area contributed by atoms with Crippen molar-refractivity contribution >= 4 is 23.2 Å².